The van der Waals surface area contributed by atoms with Crippen LogP contribution >= 0.6 is 28.6 Å². The molecule has 0 N–H and O–H groups in total. The Morgan fingerprint density at radius 3 is 0.643 bits per heavy atom. The third-order valence-electron chi connectivity index (χ3n) is 6.04. The van der Waals surface area contributed by atoms with E-state index in [0.717, 1.165) is 5.75 Å². The van der Waals surface area contributed by atoms with Gasteiger partial charge in [0.1, 0.15) is 0 Å². The van der Waals surface area contributed by atoms with Gasteiger partial charge in [0.25, 0.3) is 0 Å². The van der Waals surface area contributed by atoms with Crippen molar-refractivity contribution < 1.29 is 0 Å². The van der Waals surface area contributed by atoms with E-state index in [1.165, 1.54) is 159 Å². The lowest BCUT2D eigenvalue weighted by Gasteiger charge is -2.04. The molecule has 0 aromatic rings. The maximum Gasteiger partial charge on any atom is 0.00313 e. The second-order valence-corrected chi connectivity index (χ2v) is 10.1. The van der Waals surface area contributed by atoms with Crippen molar-refractivity contribution in [2.24, 2.45) is 0 Å². The molecule has 0 aromatic carbocycles. The topological polar surface area (TPSA) is 0 Å². The molecule has 0 heterocycles. The summed E-state index contributed by atoms with van der Waals surface area (Å²) in [6, 6.07) is 0. The van der Waals surface area contributed by atoms with Crippen LogP contribution in [0.5, 0.6) is 0 Å². The van der Waals surface area contributed by atoms with Gasteiger partial charge in [-0.1, -0.05) is 157 Å². The maximum absolute atomic E-state index is 4.27. The lowest BCUT2D eigenvalue weighted by Crippen LogP contribution is -1.85. The standard InChI is InChI=1S/C26H53BrS/c27-25-23-21-19-17-15-13-11-9-7-5-3-1-2-4-6-8-10-12-14-16-18-20-22-24-26-28/h28H,1-26H2. The van der Waals surface area contributed by atoms with Gasteiger partial charge in [-0.2, -0.15) is 12.6 Å². The second-order valence-electron chi connectivity index (χ2n) is 8.90. The van der Waals surface area contributed by atoms with Gasteiger partial charge < -0.3 is 0 Å². The molecule has 0 saturated heterocycles. The van der Waals surface area contributed by atoms with Crippen LogP contribution in [0.4, 0.5) is 0 Å². The number of rotatable bonds is 25. The molecule has 0 nitrogen and oxygen atoms in total. The molecule has 0 saturated carbocycles. The summed E-state index contributed by atoms with van der Waals surface area (Å²) in [5.74, 6) is 1.07. The van der Waals surface area contributed by atoms with Gasteiger partial charge in [0.2, 0.25) is 0 Å². The van der Waals surface area contributed by atoms with E-state index in [-0.39, 0.29) is 0 Å². The lowest BCUT2D eigenvalue weighted by atomic mass is 10.0. The maximum atomic E-state index is 4.27. The average Bonchev–Trinajstić information content (AvgIpc) is 2.71. The van der Waals surface area contributed by atoms with Gasteiger partial charge in [0, 0.05) is 5.33 Å². The summed E-state index contributed by atoms with van der Waals surface area (Å²) >= 11 is 7.78. The number of hydrogen-bond acceptors (Lipinski definition) is 1. The highest BCUT2D eigenvalue weighted by Crippen LogP contribution is 2.15. The first kappa shape index (κ1) is 28.8. The fourth-order valence-electron chi connectivity index (χ4n) is 4.10. The SMILES string of the molecule is SCCCCCCCCCCCCCCCCCCCCCCCCCCBr. The van der Waals surface area contributed by atoms with E-state index in [1.54, 1.807) is 0 Å². The first-order valence-corrected chi connectivity index (χ1v) is 14.8. The molecule has 0 unspecified atom stereocenters. The number of halogens is 1. The highest BCUT2D eigenvalue weighted by atomic mass is 79.9. The van der Waals surface area contributed by atoms with Crippen molar-refractivity contribution in [1.29, 1.82) is 0 Å². The second kappa shape index (κ2) is 27.8. The van der Waals surface area contributed by atoms with Crippen LogP contribution in [-0.4, -0.2) is 11.1 Å². The van der Waals surface area contributed by atoms with Crippen molar-refractivity contribution in [3.8, 4) is 0 Å². The molecule has 0 radical (unpaired) electrons. The Balaban J connectivity index is 2.96. The van der Waals surface area contributed by atoms with Crippen molar-refractivity contribution in [1.82, 2.24) is 0 Å². The van der Waals surface area contributed by atoms with Crippen molar-refractivity contribution in [2.75, 3.05) is 11.1 Å². The highest BCUT2D eigenvalue weighted by molar-refractivity contribution is 9.09. The summed E-state index contributed by atoms with van der Waals surface area (Å²) in [7, 11) is 0. The zero-order valence-corrected chi connectivity index (χ0v) is 21.7. The average molecular weight is 478 g/mol. The van der Waals surface area contributed by atoms with Gasteiger partial charge >= 0.3 is 0 Å². The third-order valence-corrected chi connectivity index (χ3v) is 6.92. The Morgan fingerprint density at radius 2 is 0.464 bits per heavy atom. The van der Waals surface area contributed by atoms with Crippen LogP contribution in [0.1, 0.15) is 154 Å². The molecule has 0 fully saturated rings. The molecule has 0 atom stereocenters. The minimum atomic E-state index is 1.07. The predicted octanol–water partition coefficient (Wildman–Crippen LogP) is 10.7. The van der Waals surface area contributed by atoms with E-state index in [1.807, 2.05) is 0 Å². The minimum absolute atomic E-state index is 1.07. The fraction of sp³-hybridized carbons (Fsp3) is 1.00. The molecule has 0 amide bonds. The number of thiol groups is 1. The Kier molecular flexibility index (Phi) is 28.7. The molecule has 0 aliphatic carbocycles. The van der Waals surface area contributed by atoms with Crippen LogP contribution in [-0.2, 0) is 0 Å². The number of hydrogen-bond donors (Lipinski definition) is 1. The van der Waals surface area contributed by atoms with E-state index in [0.29, 0.717) is 0 Å². The van der Waals surface area contributed by atoms with Crippen LogP contribution in [0.3, 0.4) is 0 Å². The molecule has 170 valence electrons. The first-order valence-electron chi connectivity index (χ1n) is 13.1. The van der Waals surface area contributed by atoms with Crippen LogP contribution in [0.25, 0.3) is 0 Å². The minimum Gasteiger partial charge on any atom is -0.179 e. The van der Waals surface area contributed by atoms with E-state index in [2.05, 4.69) is 28.6 Å². The number of alkyl halides is 1. The molecular formula is C26H53BrS. The summed E-state index contributed by atoms with van der Waals surface area (Å²) in [6.07, 6.45) is 34.9. The van der Waals surface area contributed by atoms with Crippen LogP contribution in [0.2, 0.25) is 0 Å². The molecule has 0 aliphatic rings. The smallest absolute Gasteiger partial charge is 0.00313 e. The van der Waals surface area contributed by atoms with E-state index in [9.17, 15) is 0 Å². The molecular weight excluding hydrogens is 424 g/mol. The lowest BCUT2D eigenvalue weighted by molar-refractivity contribution is 0.518. The van der Waals surface area contributed by atoms with E-state index in [4.69, 9.17) is 0 Å². The first-order chi connectivity index (χ1) is 13.9. The predicted molar refractivity (Wildman–Crippen MR) is 138 cm³/mol. The van der Waals surface area contributed by atoms with Gasteiger partial charge in [0.05, 0.1) is 0 Å². The summed E-state index contributed by atoms with van der Waals surface area (Å²) < 4.78 is 0. The zero-order chi connectivity index (χ0) is 20.4. The van der Waals surface area contributed by atoms with E-state index < -0.39 is 0 Å². The summed E-state index contributed by atoms with van der Waals surface area (Å²) in [4.78, 5) is 0. The molecule has 0 aromatic heterocycles. The summed E-state index contributed by atoms with van der Waals surface area (Å²) in [6.45, 7) is 0. The zero-order valence-electron chi connectivity index (χ0n) is 19.2. The van der Waals surface area contributed by atoms with E-state index >= 15 is 0 Å². The largest absolute Gasteiger partial charge is 0.179 e. The normalized spacial score (nSPS) is 11.4. The van der Waals surface area contributed by atoms with Gasteiger partial charge in [0.15, 0.2) is 0 Å². The Hall–Kier alpha value is 0.830. The molecule has 0 bridgehead atoms. The summed E-state index contributed by atoms with van der Waals surface area (Å²) in [5, 5.41) is 1.19. The van der Waals surface area contributed by atoms with Gasteiger partial charge in [-0.15, -0.1) is 0 Å². The molecule has 2 heteroatoms. The molecule has 0 spiro atoms. The third kappa shape index (κ3) is 26.8. The number of unbranched alkanes of at least 4 members (excludes halogenated alkanes) is 23. The molecule has 28 heavy (non-hydrogen) atoms. The Bertz CT molecular complexity index is 231. The van der Waals surface area contributed by atoms with Crippen LogP contribution in [0, 0.1) is 0 Å². The summed E-state index contributed by atoms with van der Waals surface area (Å²) in [5.41, 5.74) is 0. The van der Waals surface area contributed by atoms with Crippen LogP contribution in [0.15, 0.2) is 0 Å². The Labute approximate surface area is 193 Å². The monoisotopic (exact) mass is 476 g/mol. The van der Waals surface area contributed by atoms with Gasteiger partial charge in [-0.25, -0.2) is 0 Å². The van der Waals surface area contributed by atoms with Crippen molar-refractivity contribution in [3.05, 3.63) is 0 Å². The fourth-order valence-corrected chi connectivity index (χ4v) is 4.72. The van der Waals surface area contributed by atoms with Crippen molar-refractivity contribution >= 4 is 28.6 Å². The van der Waals surface area contributed by atoms with Crippen LogP contribution < -0.4 is 0 Å². The highest BCUT2D eigenvalue weighted by Gasteiger charge is 1.96. The van der Waals surface area contributed by atoms with Crippen molar-refractivity contribution in [2.45, 2.75) is 154 Å². The van der Waals surface area contributed by atoms with Gasteiger partial charge in [-0.3, -0.25) is 0 Å². The quantitative estimate of drug-likeness (QED) is 0.0754. The Morgan fingerprint density at radius 1 is 0.286 bits per heavy atom. The molecule has 0 rings (SSSR count). The molecule has 0 aliphatic heterocycles. The van der Waals surface area contributed by atoms with Gasteiger partial charge in [-0.05, 0) is 18.6 Å². The van der Waals surface area contributed by atoms with Crippen molar-refractivity contribution in [3.63, 3.8) is 0 Å².